The zero-order chi connectivity index (χ0) is 16.8. The zero-order valence-electron chi connectivity index (χ0n) is 12.3. The van der Waals surface area contributed by atoms with Gasteiger partial charge in [0.15, 0.2) is 5.60 Å². The summed E-state index contributed by atoms with van der Waals surface area (Å²) in [4.78, 5) is 31.5. The molecule has 120 valence electrons. The van der Waals surface area contributed by atoms with E-state index in [0.29, 0.717) is 6.04 Å². The molecule has 1 aromatic rings. The van der Waals surface area contributed by atoms with Gasteiger partial charge >= 0.3 is 11.9 Å². The lowest BCUT2D eigenvalue weighted by molar-refractivity contribution is -0.420. The van der Waals surface area contributed by atoms with E-state index in [9.17, 15) is 19.5 Å². The number of benzene rings is 1. The molecule has 2 rings (SSSR count). The Morgan fingerprint density at radius 1 is 1.41 bits per heavy atom. The van der Waals surface area contributed by atoms with Crippen LogP contribution < -0.4 is 10.8 Å². The fourth-order valence-corrected chi connectivity index (χ4v) is 1.99. The highest BCUT2D eigenvalue weighted by molar-refractivity contribution is 5.88. The standard InChI is InChI=1S/C8H11N.C7H8O6/c1-7(9)8-5-3-2-4-6-8;8-4(9)3-7(6(11)12)2-1-5(10)13-7/h2-7H,9H2,1H3;1-3H2,(H,8,9)(H,11,12)/t2*7-/m01/s1. The molecular formula is C15H19NO6. The van der Waals surface area contributed by atoms with Crippen molar-refractivity contribution in [2.75, 3.05) is 0 Å². The molecule has 1 fully saturated rings. The van der Waals surface area contributed by atoms with E-state index in [1.165, 1.54) is 5.56 Å². The first-order valence-corrected chi connectivity index (χ1v) is 6.80. The van der Waals surface area contributed by atoms with Crippen LogP contribution in [0.5, 0.6) is 0 Å². The van der Waals surface area contributed by atoms with Gasteiger partial charge in [0.05, 0.1) is 12.4 Å². The molecular weight excluding hydrogens is 290 g/mol. The van der Waals surface area contributed by atoms with Crippen LogP contribution in [-0.2, 0) is 19.1 Å². The Morgan fingerprint density at radius 2 is 2.00 bits per heavy atom. The minimum absolute atomic E-state index is 0.0821. The fourth-order valence-electron chi connectivity index (χ4n) is 1.99. The van der Waals surface area contributed by atoms with Gasteiger partial charge in [-0.2, -0.15) is 0 Å². The lowest BCUT2D eigenvalue weighted by Crippen LogP contribution is -2.51. The molecule has 0 bridgehead atoms. The SMILES string of the molecule is C[C@H]([NH3+])c1ccccc1.O=C(O)C[C@@]1(C(=O)[O-])CCC(=O)O1. The number of carbonyl (C=O) groups excluding carboxylic acids is 2. The van der Waals surface area contributed by atoms with Crippen molar-refractivity contribution in [1.29, 1.82) is 0 Å². The topological polar surface area (TPSA) is 131 Å². The number of hydrogen-bond acceptors (Lipinski definition) is 5. The molecule has 2 atom stereocenters. The highest BCUT2D eigenvalue weighted by atomic mass is 16.6. The minimum atomic E-state index is -1.96. The second-order valence-corrected chi connectivity index (χ2v) is 5.14. The van der Waals surface area contributed by atoms with Crippen molar-refractivity contribution >= 4 is 17.9 Å². The molecule has 4 N–H and O–H groups in total. The molecule has 0 radical (unpaired) electrons. The third-order valence-electron chi connectivity index (χ3n) is 3.22. The molecule has 7 heteroatoms. The number of rotatable bonds is 4. The van der Waals surface area contributed by atoms with Crippen LogP contribution in [0.2, 0.25) is 0 Å². The van der Waals surface area contributed by atoms with E-state index in [0.717, 1.165) is 0 Å². The van der Waals surface area contributed by atoms with Crippen LogP contribution in [-0.4, -0.2) is 28.6 Å². The summed E-state index contributed by atoms with van der Waals surface area (Å²) in [5.41, 5.74) is 3.26. The van der Waals surface area contributed by atoms with E-state index in [1.807, 2.05) is 18.2 Å². The van der Waals surface area contributed by atoms with Crippen molar-refractivity contribution in [2.45, 2.75) is 37.8 Å². The molecule has 0 saturated carbocycles. The summed E-state index contributed by atoms with van der Waals surface area (Å²) in [5.74, 6) is -3.69. The second kappa shape index (κ2) is 7.56. The number of carbonyl (C=O) groups is 3. The zero-order valence-corrected chi connectivity index (χ0v) is 12.3. The summed E-state index contributed by atoms with van der Waals surface area (Å²) < 4.78 is 4.44. The average molecular weight is 309 g/mol. The predicted molar refractivity (Wildman–Crippen MR) is 73.1 cm³/mol. The number of carboxylic acid groups (broad SMARTS) is 2. The number of hydrogen-bond donors (Lipinski definition) is 2. The van der Waals surface area contributed by atoms with Crippen molar-refractivity contribution in [3.05, 3.63) is 35.9 Å². The molecule has 1 aromatic carbocycles. The van der Waals surface area contributed by atoms with Crippen molar-refractivity contribution in [2.24, 2.45) is 0 Å². The number of ether oxygens (including phenoxy) is 1. The molecule has 7 nitrogen and oxygen atoms in total. The summed E-state index contributed by atoms with van der Waals surface area (Å²) in [6.07, 6.45) is -0.969. The first kappa shape index (κ1) is 17.6. The van der Waals surface area contributed by atoms with E-state index in [1.54, 1.807) is 0 Å². The lowest BCUT2D eigenvalue weighted by atomic mass is 9.96. The van der Waals surface area contributed by atoms with Crippen LogP contribution in [0.15, 0.2) is 30.3 Å². The van der Waals surface area contributed by atoms with E-state index in [-0.39, 0.29) is 12.8 Å². The van der Waals surface area contributed by atoms with Gasteiger partial charge in [-0.15, -0.1) is 0 Å². The lowest BCUT2D eigenvalue weighted by Gasteiger charge is -2.26. The van der Waals surface area contributed by atoms with Gasteiger partial charge in [0.1, 0.15) is 6.04 Å². The number of quaternary nitrogens is 1. The Labute approximate surface area is 127 Å². The first-order chi connectivity index (χ1) is 10.3. The molecule has 0 aromatic heterocycles. The maximum Gasteiger partial charge on any atom is 0.307 e. The molecule has 0 amide bonds. The molecule has 1 aliphatic rings. The Balaban J connectivity index is 0.000000235. The monoisotopic (exact) mass is 309 g/mol. The van der Waals surface area contributed by atoms with Crippen LogP contribution in [0.25, 0.3) is 0 Å². The smallest absolute Gasteiger partial charge is 0.307 e. The average Bonchev–Trinajstić information content (AvgIpc) is 2.82. The van der Waals surface area contributed by atoms with Gasteiger partial charge in [0.2, 0.25) is 0 Å². The second-order valence-electron chi connectivity index (χ2n) is 5.14. The normalized spacial score (nSPS) is 21.3. The molecule has 1 saturated heterocycles. The van der Waals surface area contributed by atoms with Gasteiger partial charge in [-0.1, -0.05) is 30.3 Å². The van der Waals surface area contributed by atoms with E-state index in [2.05, 4.69) is 29.5 Å². The number of aliphatic carboxylic acids is 2. The van der Waals surface area contributed by atoms with Crippen LogP contribution in [0.4, 0.5) is 0 Å². The third-order valence-corrected chi connectivity index (χ3v) is 3.22. The van der Waals surface area contributed by atoms with Crippen LogP contribution in [0, 0.1) is 0 Å². The number of carboxylic acids is 2. The van der Waals surface area contributed by atoms with Gasteiger partial charge < -0.3 is 25.5 Å². The highest BCUT2D eigenvalue weighted by Gasteiger charge is 2.43. The van der Waals surface area contributed by atoms with Gasteiger partial charge in [-0.05, 0) is 6.92 Å². The summed E-state index contributed by atoms with van der Waals surface area (Å²) in [5, 5.41) is 18.9. The van der Waals surface area contributed by atoms with Crippen molar-refractivity contribution < 1.29 is 35.1 Å². The van der Waals surface area contributed by atoms with Crippen LogP contribution in [0.1, 0.15) is 37.8 Å². The molecule has 0 spiro atoms. The third kappa shape index (κ3) is 4.85. The van der Waals surface area contributed by atoms with E-state index >= 15 is 0 Å². The Kier molecular flexibility index (Phi) is 6.06. The van der Waals surface area contributed by atoms with Crippen molar-refractivity contribution in [1.82, 2.24) is 0 Å². The van der Waals surface area contributed by atoms with Gasteiger partial charge in [-0.25, -0.2) is 0 Å². The number of cyclic esters (lactones) is 1. The Bertz CT molecular complexity index is 542. The fraction of sp³-hybridized carbons (Fsp3) is 0.400. The van der Waals surface area contributed by atoms with Crippen molar-refractivity contribution in [3.63, 3.8) is 0 Å². The molecule has 22 heavy (non-hydrogen) atoms. The summed E-state index contributed by atoms with van der Waals surface area (Å²) in [7, 11) is 0. The van der Waals surface area contributed by atoms with Crippen LogP contribution in [0.3, 0.4) is 0 Å². The molecule has 1 heterocycles. The maximum atomic E-state index is 10.6. The molecule has 0 aliphatic carbocycles. The van der Waals surface area contributed by atoms with E-state index < -0.39 is 29.9 Å². The largest absolute Gasteiger partial charge is 0.546 e. The van der Waals surface area contributed by atoms with E-state index in [4.69, 9.17) is 5.11 Å². The Hall–Kier alpha value is -2.41. The first-order valence-electron chi connectivity index (χ1n) is 6.80. The van der Waals surface area contributed by atoms with Gasteiger partial charge in [-0.3, -0.25) is 9.59 Å². The highest BCUT2D eigenvalue weighted by Crippen LogP contribution is 2.29. The summed E-state index contributed by atoms with van der Waals surface area (Å²) in [6.45, 7) is 2.09. The van der Waals surface area contributed by atoms with Crippen LogP contribution >= 0.6 is 0 Å². The van der Waals surface area contributed by atoms with Crippen molar-refractivity contribution in [3.8, 4) is 0 Å². The van der Waals surface area contributed by atoms with Gasteiger partial charge in [0, 0.05) is 18.4 Å². The number of esters is 1. The Morgan fingerprint density at radius 3 is 2.32 bits per heavy atom. The summed E-state index contributed by atoms with van der Waals surface area (Å²) >= 11 is 0. The predicted octanol–water partition coefficient (Wildman–Crippen LogP) is -0.724. The van der Waals surface area contributed by atoms with Gasteiger partial charge in [0.25, 0.3) is 0 Å². The molecule has 0 unspecified atom stereocenters. The minimum Gasteiger partial charge on any atom is -0.546 e. The molecule has 1 aliphatic heterocycles. The quantitative estimate of drug-likeness (QED) is 0.705. The summed E-state index contributed by atoms with van der Waals surface area (Å²) in [6, 6.07) is 10.7. The maximum absolute atomic E-state index is 10.6.